The molecule has 3 nitrogen and oxygen atoms in total. The number of rotatable bonds is 4. The van der Waals surface area contributed by atoms with Crippen LogP contribution in [0.3, 0.4) is 0 Å². The van der Waals surface area contributed by atoms with Crippen molar-refractivity contribution in [3.05, 3.63) is 11.8 Å². The molecule has 76 valence electrons. The predicted octanol–water partition coefficient (Wildman–Crippen LogP) is 1.81. The standard InChI is InChI=1S/C10H19NO2/c1-9-4-5-10(8-13-9)6-7-11(2)12-3/h4,10H,5-8H2,1-3H3. The van der Waals surface area contributed by atoms with E-state index in [2.05, 4.69) is 6.08 Å². The van der Waals surface area contributed by atoms with E-state index in [9.17, 15) is 0 Å². The van der Waals surface area contributed by atoms with Gasteiger partial charge in [0, 0.05) is 13.6 Å². The molecule has 13 heavy (non-hydrogen) atoms. The van der Waals surface area contributed by atoms with E-state index in [1.165, 1.54) is 0 Å². The van der Waals surface area contributed by atoms with E-state index in [0.29, 0.717) is 5.92 Å². The van der Waals surface area contributed by atoms with E-state index in [1.807, 2.05) is 19.0 Å². The van der Waals surface area contributed by atoms with E-state index in [-0.39, 0.29) is 0 Å². The highest BCUT2D eigenvalue weighted by molar-refractivity contribution is 4.93. The van der Waals surface area contributed by atoms with Gasteiger partial charge >= 0.3 is 0 Å². The highest BCUT2D eigenvalue weighted by Crippen LogP contribution is 2.18. The minimum atomic E-state index is 0.654. The third-order valence-corrected chi connectivity index (χ3v) is 2.45. The molecule has 0 aromatic heterocycles. The van der Waals surface area contributed by atoms with Gasteiger partial charge in [-0.3, -0.25) is 0 Å². The lowest BCUT2D eigenvalue weighted by Crippen LogP contribution is -2.23. The minimum Gasteiger partial charge on any atom is -0.498 e. The van der Waals surface area contributed by atoms with E-state index in [0.717, 1.165) is 31.8 Å². The van der Waals surface area contributed by atoms with Crippen LogP contribution in [0.25, 0.3) is 0 Å². The Bertz CT molecular complexity index is 180. The lowest BCUT2D eigenvalue weighted by molar-refractivity contribution is -0.112. The lowest BCUT2D eigenvalue weighted by atomic mass is 10.0. The highest BCUT2D eigenvalue weighted by Gasteiger charge is 2.13. The molecule has 1 atom stereocenters. The Morgan fingerprint density at radius 1 is 1.69 bits per heavy atom. The third-order valence-electron chi connectivity index (χ3n) is 2.45. The van der Waals surface area contributed by atoms with Gasteiger partial charge in [0.2, 0.25) is 0 Å². The van der Waals surface area contributed by atoms with Gasteiger partial charge < -0.3 is 9.57 Å². The topological polar surface area (TPSA) is 21.7 Å². The van der Waals surface area contributed by atoms with Crippen molar-refractivity contribution in [3.63, 3.8) is 0 Å². The molecule has 1 rings (SSSR count). The second kappa shape index (κ2) is 5.25. The van der Waals surface area contributed by atoms with E-state index in [4.69, 9.17) is 9.57 Å². The van der Waals surface area contributed by atoms with Crippen molar-refractivity contribution < 1.29 is 9.57 Å². The zero-order chi connectivity index (χ0) is 9.68. The van der Waals surface area contributed by atoms with Crippen molar-refractivity contribution in [2.24, 2.45) is 5.92 Å². The van der Waals surface area contributed by atoms with Crippen LogP contribution in [-0.2, 0) is 9.57 Å². The smallest absolute Gasteiger partial charge is 0.0908 e. The summed E-state index contributed by atoms with van der Waals surface area (Å²) in [7, 11) is 3.65. The summed E-state index contributed by atoms with van der Waals surface area (Å²) in [5.41, 5.74) is 0. The molecule has 0 aromatic carbocycles. The number of ether oxygens (including phenoxy) is 1. The van der Waals surface area contributed by atoms with Crippen LogP contribution in [0, 0.1) is 5.92 Å². The molecule has 1 unspecified atom stereocenters. The van der Waals surface area contributed by atoms with E-state index in [1.54, 1.807) is 7.11 Å². The van der Waals surface area contributed by atoms with Crippen molar-refractivity contribution in [3.8, 4) is 0 Å². The second-order valence-electron chi connectivity index (χ2n) is 3.55. The first-order valence-corrected chi connectivity index (χ1v) is 4.77. The number of nitrogens with zero attached hydrogens (tertiary/aromatic N) is 1. The van der Waals surface area contributed by atoms with E-state index < -0.39 is 0 Å². The summed E-state index contributed by atoms with van der Waals surface area (Å²) in [6, 6.07) is 0. The maximum atomic E-state index is 5.46. The summed E-state index contributed by atoms with van der Waals surface area (Å²) in [6.45, 7) is 3.84. The fourth-order valence-electron chi connectivity index (χ4n) is 1.37. The SMILES string of the molecule is CON(C)CCC1CC=C(C)OC1. The molecular weight excluding hydrogens is 166 g/mol. The summed E-state index contributed by atoms with van der Waals surface area (Å²) >= 11 is 0. The molecule has 0 amide bonds. The number of hydroxylamine groups is 2. The van der Waals surface area contributed by atoms with Crippen molar-refractivity contribution in [1.82, 2.24) is 5.06 Å². The number of allylic oxidation sites excluding steroid dienone is 2. The minimum absolute atomic E-state index is 0.654. The van der Waals surface area contributed by atoms with Crippen LogP contribution >= 0.6 is 0 Å². The van der Waals surface area contributed by atoms with Crippen LogP contribution in [0.15, 0.2) is 11.8 Å². The van der Waals surface area contributed by atoms with Gasteiger partial charge in [0.1, 0.15) is 0 Å². The molecule has 0 saturated heterocycles. The summed E-state index contributed by atoms with van der Waals surface area (Å²) in [4.78, 5) is 5.04. The number of hydrogen-bond acceptors (Lipinski definition) is 3. The third kappa shape index (κ3) is 3.79. The normalized spacial score (nSPS) is 22.8. The van der Waals surface area contributed by atoms with Crippen LogP contribution in [0.4, 0.5) is 0 Å². The predicted molar refractivity (Wildman–Crippen MR) is 52.1 cm³/mol. The van der Waals surface area contributed by atoms with Crippen molar-refractivity contribution >= 4 is 0 Å². The molecule has 0 saturated carbocycles. The zero-order valence-electron chi connectivity index (χ0n) is 8.75. The largest absolute Gasteiger partial charge is 0.498 e. The summed E-state index contributed by atoms with van der Waals surface area (Å²) in [6.07, 6.45) is 4.44. The van der Waals surface area contributed by atoms with Crippen molar-refractivity contribution in [1.29, 1.82) is 0 Å². The first-order valence-electron chi connectivity index (χ1n) is 4.77. The molecule has 3 heteroatoms. The second-order valence-corrected chi connectivity index (χ2v) is 3.55. The Hall–Kier alpha value is -0.540. The van der Waals surface area contributed by atoms with Gasteiger partial charge in [0.25, 0.3) is 0 Å². The average Bonchev–Trinajstić information content (AvgIpc) is 2.16. The van der Waals surface area contributed by atoms with Crippen LogP contribution in [0.1, 0.15) is 19.8 Å². The lowest BCUT2D eigenvalue weighted by Gasteiger charge is -2.23. The van der Waals surface area contributed by atoms with Gasteiger partial charge in [-0.1, -0.05) is 0 Å². The maximum absolute atomic E-state index is 5.46. The van der Waals surface area contributed by atoms with Gasteiger partial charge in [-0.2, -0.15) is 5.06 Å². The quantitative estimate of drug-likeness (QED) is 0.623. The molecule has 0 radical (unpaired) electrons. The van der Waals surface area contributed by atoms with Gasteiger partial charge in [-0.25, -0.2) is 0 Å². The Balaban J connectivity index is 2.16. The first kappa shape index (κ1) is 10.5. The zero-order valence-corrected chi connectivity index (χ0v) is 8.75. The van der Waals surface area contributed by atoms with Crippen molar-refractivity contribution in [2.75, 3.05) is 27.3 Å². The Morgan fingerprint density at radius 2 is 2.46 bits per heavy atom. The van der Waals surface area contributed by atoms with Gasteiger partial charge in [0.15, 0.2) is 0 Å². The van der Waals surface area contributed by atoms with Gasteiger partial charge in [-0.15, -0.1) is 0 Å². The van der Waals surface area contributed by atoms with Crippen molar-refractivity contribution in [2.45, 2.75) is 19.8 Å². The monoisotopic (exact) mass is 185 g/mol. The van der Waals surface area contributed by atoms with E-state index >= 15 is 0 Å². The summed E-state index contributed by atoms with van der Waals surface area (Å²) in [5.74, 6) is 1.72. The van der Waals surface area contributed by atoms with Crippen LogP contribution < -0.4 is 0 Å². The highest BCUT2D eigenvalue weighted by atomic mass is 16.7. The first-order chi connectivity index (χ1) is 6.22. The Kier molecular flexibility index (Phi) is 4.25. The maximum Gasteiger partial charge on any atom is 0.0908 e. The summed E-state index contributed by atoms with van der Waals surface area (Å²) in [5, 5.41) is 1.85. The average molecular weight is 185 g/mol. The molecule has 1 aliphatic rings. The molecule has 0 spiro atoms. The molecule has 0 aromatic rings. The van der Waals surface area contributed by atoms with Crippen LogP contribution in [0.5, 0.6) is 0 Å². The molecular formula is C10H19NO2. The summed E-state index contributed by atoms with van der Waals surface area (Å²) < 4.78 is 5.46. The fraction of sp³-hybridized carbons (Fsp3) is 0.800. The fourth-order valence-corrected chi connectivity index (χ4v) is 1.37. The molecule has 0 bridgehead atoms. The molecule has 0 N–H and O–H groups in total. The Morgan fingerprint density at radius 3 is 3.00 bits per heavy atom. The van der Waals surface area contributed by atoms with Gasteiger partial charge in [-0.05, 0) is 31.8 Å². The van der Waals surface area contributed by atoms with Gasteiger partial charge in [0.05, 0.1) is 19.5 Å². The van der Waals surface area contributed by atoms with Crippen LogP contribution in [-0.4, -0.2) is 32.4 Å². The molecule has 1 heterocycles. The molecule has 0 fully saturated rings. The molecule has 0 aliphatic carbocycles. The van der Waals surface area contributed by atoms with Crippen LogP contribution in [0.2, 0.25) is 0 Å². The molecule has 1 aliphatic heterocycles. The Labute approximate surface area is 80.3 Å². The number of hydrogen-bond donors (Lipinski definition) is 0.